The molecule has 708 valence electrons. The van der Waals surface area contributed by atoms with Crippen LogP contribution in [-0.2, 0) is 127 Å². The third-order valence-corrected chi connectivity index (χ3v) is 25.9. The number of hydrogen-bond donors (Lipinski definition) is 0. The highest BCUT2D eigenvalue weighted by Gasteiger charge is 2.35. The molecule has 0 fully saturated rings. The lowest BCUT2D eigenvalue weighted by Gasteiger charge is -2.29. The molecular weight excluding hydrogens is 1630 g/mol. The van der Waals surface area contributed by atoms with E-state index in [1.807, 2.05) is 0 Å². The highest BCUT2D eigenvalue weighted by Crippen LogP contribution is 2.49. The van der Waals surface area contributed by atoms with Crippen molar-refractivity contribution in [1.29, 1.82) is 0 Å². The Bertz CT molecular complexity index is 5150. The lowest BCUT2D eigenvalue weighted by atomic mass is 9.79. The fourth-order valence-electron chi connectivity index (χ4n) is 18.0. The van der Waals surface area contributed by atoms with E-state index in [-0.39, 0.29) is 56.5 Å². The molecule has 0 spiro atoms. The van der Waals surface area contributed by atoms with Crippen LogP contribution < -0.4 is 37.9 Å². The molecule has 0 atom stereocenters. The highest BCUT2D eigenvalue weighted by molar-refractivity contribution is 5.64. The maximum atomic E-state index is 7.49. The second kappa shape index (κ2) is 42.1. The van der Waals surface area contributed by atoms with Crippen LogP contribution in [0, 0.1) is 0 Å². The molecule has 14 rings (SSSR count). The summed E-state index contributed by atoms with van der Waals surface area (Å²) in [6.07, 6.45) is 5.97. The molecule has 10 aromatic rings. The van der Waals surface area contributed by atoms with Crippen molar-refractivity contribution in [1.82, 2.24) is 0 Å². The van der Waals surface area contributed by atoms with Crippen LogP contribution in [0.3, 0.4) is 0 Å². The van der Waals surface area contributed by atoms with Crippen LogP contribution in [0.25, 0.3) is 0 Å². The molecule has 12 nitrogen and oxygen atoms in total. The zero-order valence-corrected chi connectivity index (χ0v) is 85.3. The Morgan fingerprint density at radius 1 is 0.205 bits per heavy atom. The predicted molar refractivity (Wildman–Crippen MR) is 542 cm³/mol. The molecule has 2 aliphatic heterocycles. The van der Waals surface area contributed by atoms with E-state index in [0.717, 1.165) is 159 Å². The molecule has 2 aliphatic carbocycles. The van der Waals surface area contributed by atoms with Gasteiger partial charge in [0.05, 0.1) is 66.1 Å². The monoisotopic (exact) mass is 1790 g/mol. The summed E-state index contributed by atoms with van der Waals surface area (Å²) in [6, 6.07) is 59.6. The van der Waals surface area contributed by atoms with Gasteiger partial charge in [-0.25, -0.2) is 0 Å². The van der Waals surface area contributed by atoms with E-state index in [2.05, 4.69) is 338 Å². The van der Waals surface area contributed by atoms with Crippen LogP contribution in [-0.4, -0.2) is 92.5 Å². The van der Waals surface area contributed by atoms with Gasteiger partial charge in [-0.1, -0.05) is 338 Å². The first-order valence-electron chi connectivity index (χ1n) is 49.1. The average Bonchev–Trinajstić information content (AvgIpc) is 0.758. The summed E-state index contributed by atoms with van der Waals surface area (Å²) in [5.74, 6) is 6.92. The van der Waals surface area contributed by atoms with Gasteiger partial charge in [0.25, 0.3) is 0 Å². The van der Waals surface area contributed by atoms with Gasteiger partial charge in [-0.05, 0) is 201 Å². The van der Waals surface area contributed by atoms with Crippen molar-refractivity contribution in [3.05, 3.63) is 302 Å². The largest absolute Gasteiger partial charge is 0.493 e. The van der Waals surface area contributed by atoms with Gasteiger partial charge in [-0.15, -0.1) is 0 Å². The molecule has 2 heterocycles. The van der Waals surface area contributed by atoms with Crippen LogP contribution in [0.2, 0.25) is 0 Å². The fourth-order valence-corrected chi connectivity index (χ4v) is 18.0. The number of benzene rings is 10. The Labute approximate surface area is 793 Å². The first-order valence-corrected chi connectivity index (χ1v) is 49.1. The van der Waals surface area contributed by atoms with Crippen LogP contribution in [0.15, 0.2) is 158 Å². The van der Waals surface area contributed by atoms with E-state index in [1.165, 1.54) is 44.5 Å². The SMILES string of the molecule is CCCOc1c2cc(C(C)(C)C)cc1Cc1cc(C(C)(C)C)cc3c1OCCOCCOCCOc1c4cc(C(C)(C)C)cc1Cc1cc(C(C)(C)C)cc(c1OCc1ccccc1)Cc1cc(C(C)(C)C)cc(c1OCc1ccccc1)Cc1cc(C(C)(C)C)cc(c1OCCOCCOCCOc1c(cc(C(C)(C)C)cc1Cc1cc(C(C)(C)C)cc(c1OCCC)C3)C2)C4. The van der Waals surface area contributed by atoms with Gasteiger partial charge in [0.1, 0.15) is 85.6 Å². The molecule has 10 aromatic carbocycles. The van der Waals surface area contributed by atoms with Gasteiger partial charge in [-0.3, -0.25) is 0 Å². The zero-order chi connectivity index (χ0) is 94.9. The van der Waals surface area contributed by atoms with Crippen LogP contribution >= 0.6 is 0 Å². The van der Waals surface area contributed by atoms with Crippen molar-refractivity contribution < 1.29 is 56.8 Å². The van der Waals surface area contributed by atoms with Crippen molar-refractivity contribution in [2.24, 2.45) is 0 Å². The lowest BCUT2D eigenvalue weighted by molar-refractivity contribution is 0.0269. The van der Waals surface area contributed by atoms with Crippen molar-refractivity contribution in [3.63, 3.8) is 0 Å². The standard InChI is InChI=1S/C120H156O12/c1-27-39-125-105-81-53-85-65-99(115(9,10)11)67-87-55-83-63-98(114(6,7)8)64-84(106(83)126-40-28-2)56-88-68-100(116(12,13)14)66-86(54-82(105)62-97(61-81)113(3,4)5)108(88)128-50-46-122-42-44-124-48-52-130-110-90-57-89-69-101(117(15,16)17)71-91(109(89)129-51-47-123-43-41-121-45-49-127-107(85)87)58-93-73-103(119(21,22)23)75-95(111(93)131-77-79-35-31-29-32-36-79)60-96-76-104(120(24,25)26)74-94(59-92(110)72-102(70-90)118(18,19)20)112(96)132-78-80-37-33-30-34-38-80/h29-38,61-76H,27-28,39-60,77-78H2,1-26H3. The van der Waals surface area contributed by atoms with Crippen LogP contribution in [0.5, 0.6) is 46.0 Å². The molecule has 0 saturated heterocycles. The van der Waals surface area contributed by atoms with Crippen molar-refractivity contribution in [3.8, 4) is 46.0 Å². The Morgan fingerprint density at radius 3 is 0.545 bits per heavy atom. The fraction of sp³-hybridized carbons (Fsp3) is 0.500. The summed E-state index contributed by atoms with van der Waals surface area (Å²) in [5.41, 5.74) is 27.5. The maximum absolute atomic E-state index is 7.49. The molecule has 0 N–H and O–H groups in total. The van der Waals surface area contributed by atoms with Crippen LogP contribution in [0.4, 0.5) is 0 Å². The number of fused-ring (bicyclic) bond motifs is 22. The van der Waals surface area contributed by atoms with Crippen molar-refractivity contribution >= 4 is 0 Å². The van der Waals surface area contributed by atoms with E-state index in [0.29, 0.717) is 144 Å². The first kappa shape index (κ1) is 99.9. The van der Waals surface area contributed by atoms with E-state index >= 15 is 0 Å². The smallest absolute Gasteiger partial charge is 0.126 e. The summed E-state index contributed by atoms with van der Waals surface area (Å²) in [7, 11) is 0. The van der Waals surface area contributed by atoms with E-state index in [9.17, 15) is 0 Å². The molecule has 0 saturated carbocycles. The lowest BCUT2D eigenvalue weighted by Crippen LogP contribution is -2.19. The van der Waals surface area contributed by atoms with Gasteiger partial charge in [0.15, 0.2) is 0 Å². The van der Waals surface area contributed by atoms with Gasteiger partial charge < -0.3 is 56.8 Å². The maximum Gasteiger partial charge on any atom is 0.126 e. The van der Waals surface area contributed by atoms with Crippen molar-refractivity contribution in [2.75, 3.05) is 92.5 Å². The Kier molecular flexibility index (Phi) is 31.9. The number of hydrogen-bond acceptors (Lipinski definition) is 12. The minimum absolute atomic E-state index is 0.216. The molecule has 0 unspecified atom stereocenters. The zero-order valence-electron chi connectivity index (χ0n) is 85.3. The molecule has 20 bridgehead atoms. The molecule has 12 heteroatoms. The molecule has 0 aromatic heterocycles. The van der Waals surface area contributed by atoms with Gasteiger partial charge in [0.2, 0.25) is 0 Å². The highest BCUT2D eigenvalue weighted by atomic mass is 16.6. The summed E-state index contributed by atoms with van der Waals surface area (Å²) in [6.45, 7) is 65.8. The minimum Gasteiger partial charge on any atom is -0.493 e. The molecule has 132 heavy (non-hydrogen) atoms. The summed E-state index contributed by atoms with van der Waals surface area (Å²) in [5, 5.41) is 0. The number of ether oxygens (including phenoxy) is 12. The topological polar surface area (TPSA) is 111 Å². The summed E-state index contributed by atoms with van der Waals surface area (Å²) >= 11 is 0. The quantitative estimate of drug-likeness (QED) is 0.109. The average molecular weight is 1790 g/mol. The first-order chi connectivity index (χ1) is 62.4. The second-order valence-electron chi connectivity index (χ2n) is 45.5. The van der Waals surface area contributed by atoms with Gasteiger partial charge in [-0.2, -0.15) is 0 Å². The third kappa shape index (κ3) is 25.7. The third-order valence-electron chi connectivity index (χ3n) is 25.9. The van der Waals surface area contributed by atoms with E-state index in [4.69, 9.17) is 56.8 Å². The van der Waals surface area contributed by atoms with Gasteiger partial charge >= 0.3 is 0 Å². The molecule has 0 amide bonds. The Balaban J connectivity index is 0.962. The molecule has 4 aliphatic rings. The van der Waals surface area contributed by atoms with Crippen molar-refractivity contribution in [2.45, 2.75) is 301 Å². The van der Waals surface area contributed by atoms with Gasteiger partial charge in [0, 0.05) is 51.4 Å². The molecule has 0 radical (unpaired) electrons. The summed E-state index contributed by atoms with van der Waals surface area (Å²) < 4.78 is 85.9. The van der Waals surface area contributed by atoms with Crippen LogP contribution in [0.1, 0.15) is 338 Å². The summed E-state index contributed by atoms with van der Waals surface area (Å²) in [4.78, 5) is 0. The van der Waals surface area contributed by atoms with E-state index in [1.54, 1.807) is 0 Å². The predicted octanol–water partition coefficient (Wildman–Crippen LogP) is 27.5. The number of rotatable bonds is 12. The second-order valence-corrected chi connectivity index (χ2v) is 45.5. The normalized spacial score (nSPS) is 15.3. The minimum atomic E-state index is -0.266. The Morgan fingerprint density at radius 2 is 0.364 bits per heavy atom. The molecular formula is C120H156O12. The van der Waals surface area contributed by atoms with E-state index < -0.39 is 0 Å². The Hall–Kier alpha value is -9.56.